The van der Waals surface area contributed by atoms with Crippen molar-refractivity contribution in [1.29, 1.82) is 0 Å². The summed E-state index contributed by atoms with van der Waals surface area (Å²) in [6.07, 6.45) is -3.14. The zero-order chi connectivity index (χ0) is 18.6. The number of carbonyl (C=O) groups is 1. The fraction of sp³-hybridized carbons (Fsp3) is 0.294. The Labute approximate surface area is 148 Å². The van der Waals surface area contributed by atoms with Crippen LogP contribution in [0.2, 0.25) is 5.02 Å². The highest BCUT2D eigenvalue weighted by atomic mass is 35.5. The number of hydrogen-bond acceptors (Lipinski definition) is 3. The molecule has 8 heteroatoms. The van der Waals surface area contributed by atoms with Crippen LogP contribution in [0, 0.1) is 5.92 Å². The molecule has 0 aliphatic carbocycles. The Morgan fingerprint density at radius 1 is 1.24 bits per heavy atom. The van der Waals surface area contributed by atoms with Crippen molar-refractivity contribution in [3.05, 3.63) is 52.7 Å². The number of pyridine rings is 1. The lowest BCUT2D eigenvalue weighted by Gasteiger charge is -2.12. The zero-order valence-corrected chi connectivity index (χ0v) is 14.4. The zero-order valence-electron chi connectivity index (χ0n) is 13.6. The van der Waals surface area contributed by atoms with Gasteiger partial charge in [0, 0.05) is 24.0 Å². The third kappa shape index (κ3) is 5.35. The lowest BCUT2D eigenvalue weighted by Crippen LogP contribution is -2.15. The minimum atomic E-state index is -4.59. The summed E-state index contributed by atoms with van der Waals surface area (Å²) in [5.41, 5.74) is -0.707. The van der Waals surface area contributed by atoms with Gasteiger partial charge in [-0.3, -0.25) is 4.79 Å². The predicted octanol–water partition coefficient (Wildman–Crippen LogP) is 5.07. The Hall–Kier alpha value is -2.28. The molecule has 0 aliphatic heterocycles. The second-order valence-corrected chi connectivity index (χ2v) is 6.26. The number of nitrogens with zero attached hydrogens (tertiary/aromatic N) is 1. The Kier molecular flexibility index (Phi) is 5.89. The summed E-state index contributed by atoms with van der Waals surface area (Å²) in [7, 11) is 0. The molecular formula is C17H17ClF3N3O. The molecule has 1 aromatic heterocycles. The molecule has 1 heterocycles. The fourth-order valence-electron chi connectivity index (χ4n) is 2.00. The third-order valence-corrected chi connectivity index (χ3v) is 3.57. The summed E-state index contributed by atoms with van der Waals surface area (Å²) in [6.45, 7) is 4.74. The standard InChI is InChI=1S/C17H17ClF3N3O/c1-10(2)9-23-15-7-11(5-6-22-15)16(25)24-12-3-4-14(18)13(8-12)17(19,20)21/h3-8,10H,9H2,1-2H3,(H,22,23)(H,24,25). The summed E-state index contributed by atoms with van der Waals surface area (Å²) in [5, 5.41) is 5.10. The van der Waals surface area contributed by atoms with E-state index in [0.29, 0.717) is 18.3 Å². The Balaban J connectivity index is 2.16. The number of amides is 1. The summed E-state index contributed by atoms with van der Waals surface area (Å²) >= 11 is 5.57. The van der Waals surface area contributed by atoms with Crippen LogP contribution in [0.4, 0.5) is 24.7 Å². The molecule has 134 valence electrons. The first-order chi connectivity index (χ1) is 11.7. The number of nitrogens with one attached hydrogen (secondary N) is 2. The van der Waals surface area contributed by atoms with E-state index in [9.17, 15) is 18.0 Å². The van der Waals surface area contributed by atoms with E-state index in [0.717, 1.165) is 12.1 Å². The summed E-state index contributed by atoms with van der Waals surface area (Å²) < 4.78 is 38.6. The van der Waals surface area contributed by atoms with Crippen molar-refractivity contribution >= 4 is 29.0 Å². The van der Waals surface area contributed by atoms with Crippen LogP contribution in [0.1, 0.15) is 29.8 Å². The molecule has 2 N–H and O–H groups in total. The molecular weight excluding hydrogens is 355 g/mol. The fourth-order valence-corrected chi connectivity index (χ4v) is 2.23. The molecule has 2 rings (SSSR count). The average Bonchev–Trinajstić information content (AvgIpc) is 2.54. The van der Waals surface area contributed by atoms with Crippen molar-refractivity contribution in [1.82, 2.24) is 4.98 Å². The Morgan fingerprint density at radius 2 is 1.96 bits per heavy atom. The number of alkyl halides is 3. The number of carbonyl (C=O) groups excluding carboxylic acids is 1. The van der Waals surface area contributed by atoms with Gasteiger partial charge < -0.3 is 10.6 Å². The van der Waals surface area contributed by atoms with Crippen LogP contribution in [0.25, 0.3) is 0 Å². The Bertz CT molecular complexity index is 763. The maximum Gasteiger partial charge on any atom is 0.417 e. The molecule has 25 heavy (non-hydrogen) atoms. The van der Waals surface area contributed by atoms with Crippen molar-refractivity contribution in [2.45, 2.75) is 20.0 Å². The molecule has 0 radical (unpaired) electrons. The van der Waals surface area contributed by atoms with Gasteiger partial charge in [-0.25, -0.2) is 4.98 Å². The van der Waals surface area contributed by atoms with Crippen LogP contribution in [0.5, 0.6) is 0 Å². The van der Waals surface area contributed by atoms with Gasteiger partial charge in [-0.15, -0.1) is 0 Å². The summed E-state index contributed by atoms with van der Waals surface area (Å²) in [6, 6.07) is 6.24. The first kappa shape index (κ1) is 19.1. The number of benzene rings is 1. The van der Waals surface area contributed by atoms with Gasteiger partial charge in [0.2, 0.25) is 0 Å². The molecule has 0 unspecified atom stereocenters. The maximum absolute atomic E-state index is 12.9. The molecule has 0 spiro atoms. The first-order valence-electron chi connectivity index (χ1n) is 7.55. The summed E-state index contributed by atoms with van der Waals surface area (Å²) in [5.74, 6) is 0.382. The molecule has 0 saturated carbocycles. The van der Waals surface area contributed by atoms with Crippen LogP contribution in [-0.4, -0.2) is 17.4 Å². The number of rotatable bonds is 5. The van der Waals surface area contributed by atoms with Gasteiger partial charge in [0.15, 0.2) is 0 Å². The molecule has 4 nitrogen and oxygen atoms in total. The number of halogens is 4. The average molecular weight is 372 g/mol. The molecule has 0 bridgehead atoms. The van der Waals surface area contributed by atoms with Crippen LogP contribution < -0.4 is 10.6 Å². The van der Waals surface area contributed by atoms with E-state index in [4.69, 9.17) is 11.6 Å². The van der Waals surface area contributed by atoms with Gasteiger partial charge in [-0.2, -0.15) is 13.2 Å². The second kappa shape index (κ2) is 7.74. The Morgan fingerprint density at radius 3 is 2.60 bits per heavy atom. The number of hydrogen-bond donors (Lipinski definition) is 2. The second-order valence-electron chi connectivity index (χ2n) is 5.85. The molecule has 1 aromatic carbocycles. The van der Waals surface area contributed by atoms with Gasteiger partial charge >= 0.3 is 6.18 Å². The van der Waals surface area contributed by atoms with Crippen molar-refractivity contribution < 1.29 is 18.0 Å². The van der Waals surface area contributed by atoms with Crippen LogP contribution >= 0.6 is 11.6 Å². The number of anilines is 2. The largest absolute Gasteiger partial charge is 0.417 e. The topological polar surface area (TPSA) is 54.0 Å². The normalized spacial score (nSPS) is 11.5. The van der Waals surface area contributed by atoms with Gasteiger partial charge in [0.25, 0.3) is 5.91 Å². The van der Waals surface area contributed by atoms with E-state index in [2.05, 4.69) is 15.6 Å². The molecule has 1 amide bonds. The third-order valence-electron chi connectivity index (χ3n) is 3.24. The minimum absolute atomic E-state index is 0.00947. The highest BCUT2D eigenvalue weighted by molar-refractivity contribution is 6.31. The summed E-state index contributed by atoms with van der Waals surface area (Å²) in [4.78, 5) is 16.4. The van der Waals surface area contributed by atoms with Gasteiger partial charge in [-0.1, -0.05) is 25.4 Å². The van der Waals surface area contributed by atoms with Crippen molar-refractivity contribution in [2.75, 3.05) is 17.2 Å². The maximum atomic E-state index is 12.9. The monoisotopic (exact) mass is 371 g/mol. The molecule has 0 saturated heterocycles. The van der Waals surface area contributed by atoms with E-state index in [1.165, 1.54) is 24.4 Å². The van der Waals surface area contributed by atoms with Gasteiger partial charge in [-0.05, 0) is 36.2 Å². The smallest absolute Gasteiger partial charge is 0.370 e. The van der Waals surface area contributed by atoms with Crippen molar-refractivity contribution in [3.8, 4) is 0 Å². The lowest BCUT2D eigenvalue weighted by molar-refractivity contribution is -0.137. The van der Waals surface area contributed by atoms with E-state index in [1.807, 2.05) is 13.8 Å². The molecule has 0 fully saturated rings. The van der Waals surface area contributed by atoms with Crippen LogP contribution in [-0.2, 0) is 6.18 Å². The highest BCUT2D eigenvalue weighted by Gasteiger charge is 2.33. The first-order valence-corrected chi connectivity index (χ1v) is 7.92. The van der Waals surface area contributed by atoms with E-state index >= 15 is 0 Å². The van der Waals surface area contributed by atoms with Gasteiger partial charge in [0.1, 0.15) is 5.82 Å². The van der Waals surface area contributed by atoms with E-state index in [1.54, 1.807) is 0 Å². The van der Waals surface area contributed by atoms with Crippen molar-refractivity contribution in [3.63, 3.8) is 0 Å². The molecule has 2 aromatic rings. The number of aromatic nitrogens is 1. The predicted molar refractivity (Wildman–Crippen MR) is 92.0 cm³/mol. The SMILES string of the molecule is CC(C)CNc1cc(C(=O)Nc2ccc(Cl)c(C(F)(F)F)c2)ccn1. The van der Waals surface area contributed by atoms with Crippen LogP contribution in [0.15, 0.2) is 36.5 Å². The van der Waals surface area contributed by atoms with E-state index in [-0.39, 0.29) is 11.3 Å². The van der Waals surface area contributed by atoms with Gasteiger partial charge in [0.05, 0.1) is 10.6 Å². The molecule has 0 atom stereocenters. The molecule has 0 aliphatic rings. The van der Waals surface area contributed by atoms with Crippen LogP contribution in [0.3, 0.4) is 0 Å². The van der Waals surface area contributed by atoms with Crippen molar-refractivity contribution in [2.24, 2.45) is 5.92 Å². The lowest BCUT2D eigenvalue weighted by atomic mass is 10.1. The highest BCUT2D eigenvalue weighted by Crippen LogP contribution is 2.36. The quantitative estimate of drug-likeness (QED) is 0.771. The minimum Gasteiger partial charge on any atom is -0.370 e. The van der Waals surface area contributed by atoms with E-state index < -0.39 is 22.7 Å².